The molecule has 2 aromatic rings. The molecule has 2 aliphatic carbocycles. The molecule has 2 heterocycles. The van der Waals surface area contributed by atoms with E-state index in [1.807, 2.05) is 33.7 Å². The van der Waals surface area contributed by atoms with Crippen LogP contribution < -0.4 is 11.4 Å². The molecule has 5 rings (SSSR count). The monoisotopic (exact) mass is 354 g/mol. The van der Waals surface area contributed by atoms with Gasteiger partial charge in [-0.15, -0.1) is 0 Å². The van der Waals surface area contributed by atoms with E-state index in [2.05, 4.69) is 4.98 Å². The van der Waals surface area contributed by atoms with Gasteiger partial charge in [0.05, 0.1) is 17.0 Å². The molecule has 138 valence electrons. The van der Waals surface area contributed by atoms with Gasteiger partial charge in [-0.1, -0.05) is 12.1 Å². The van der Waals surface area contributed by atoms with Gasteiger partial charge in [0.25, 0.3) is 0 Å². The number of fused-ring (bicyclic) bond motifs is 3. The van der Waals surface area contributed by atoms with Crippen LogP contribution in [-0.2, 0) is 4.79 Å². The van der Waals surface area contributed by atoms with Crippen LogP contribution in [0.25, 0.3) is 11.0 Å². The maximum absolute atomic E-state index is 13.0. The van der Waals surface area contributed by atoms with E-state index in [1.165, 1.54) is 6.42 Å². The number of nitrogens with one attached hydrogen (secondary N) is 1. The topological polar surface area (TPSA) is 84.1 Å². The number of aromatic amines is 1. The van der Waals surface area contributed by atoms with Gasteiger partial charge in [-0.3, -0.25) is 9.36 Å². The molecule has 1 amide bonds. The van der Waals surface area contributed by atoms with Gasteiger partial charge >= 0.3 is 5.69 Å². The summed E-state index contributed by atoms with van der Waals surface area (Å²) in [4.78, 5) is 30.4. The minimum atomic E-state index is -0.0499. The third kappa shape index (κ3) is 2.35. The molecule has 1 aromatic carbocycles. The third-order valence-electron chi connectivity index (χ3n) is 7.03. The molecule has 2 bridgehead atoms. The van der Waals surface area contributed by atoms with Crippen molar-refractivity contribution in [3.8, 4) is 0 Å². The van der Waals surface area contributed by atoms with Crippen LogP contribution in [0, 0.1) is 17.8 Å². The van der Waals surface area contributed by atoms with Crippen molar-refractivity contribution in [2.24, 2.45) is 23.5 Å². The van der Waals surface area contributed by atoms with Crippen molar-refractivity contribution >= 4 is 16.9 Å². The van der Waals surface area contributed by atoms with Crippen LogP contribution in [0.5, 0.6) is 0 Å². The van der Waals surface area contributed by atoms with Gasteiger partial charge < -0.3 is 15.6 Å². The number of nitrogens with two attached hydrogens (primary N) is 1. The number of carbonyl (C=O) groups excluding carboxylic acids is 1. The molecule has 6 nitrogen and oxygen atoms in total. The Hall–Kier alpha value is -2.08. The third-order valence-corrected chi connectivity index (χ3v) is 7.03. The molecule has 3 aliphatic rings. The number of amides is 1. The summed E-state index contributed by atoms with van der Waals surface area (Å²) in [6.45, 7) is 1.44. The van der Waals surface area contributed by atoms with Crippen LogP contribution in [0.15, 0.2) is 29.1 Å². The molecular weight excluding hydrogens is 328 g/mol. The standard InChI is InChI=1S/C20H26N4O2/c21-18-13-6-5-12(11-13)17(18)19(25)23-9-7-14(8-10-23)24-16-4-2-1-3-15(16)22-20(24)26/h1-4,12-14,17-18H,5-11,21H2,(H,22,26). The Labute approximate surface area is 152 Å². The lowest BCUT2D eigenvalue weighted by Crippen LogP contribution is -2.49. The quantitative estimate of drug-likeness (QED) is 0.863. The smallest absolute Gasteiger partial charge is 0.326 e. The Kier molecular flexibility index (Phi) is 3.71. The highest BCUT2D eigenvalue weighted by atomic mass is 16.2. The van der Waals surface area contributed by atoms with Crippen molar-refractivity contribution in [1.29, 1.82) is 0 Å². The summed E-state index contributed by atoms with van der Waals surface area (Å²) in [7, 11) is 0. The van der Waals surface area contributed by atoms with Crippen molar-refractivity contribution in [1.82, 2.24) is 14.5 Å². The van der Waals surface area contributed by atoms with Gasteiger partial charge in [0, 0.05) is 25.2 Å². The van der Waals surface area contributed by atoms with Gasteiger partial charge in [0.1, 0.15) is 0 Å². The predicted molar refractivity (Wildman–Crippen MR) is 99.7 cm³/mol. The number of imidazole rings is 1. The highest BCUT2D eigenvalue weighted by Gasteiger charge is 2.50. The van der Waals surface area contributed by atoms with E-state index in [0.717, 1.165) is 49.8 Å². The lowest BCUT2D eigenvalue weighted by atomic mass is 9.83. The molecule has 0 radical (unpaired) electrons. The number of hydrogen-bond donors (Lipinski definition) is 2. The normalized spacial score (nSPS) is 31.8. The summed E-state index contributed by atoms with van der Waals surface area (Å²) < 4.78 is 1.88. The first-order valence-corrected chi connectivity index (χ1v) is 9.87. The minimum absolute atomic E-state index is 0.0288. The Morgan fingerprint density at radius 3 is 2.54 bits per heavy atom. The number of benzene rings is 1. The number of rotatable bonds is 2. The van der Waals surface area contributed by atoms with Gasteiger partial charge in [-0.05, 0) is 56.1 Å². The van der Waals surface area contributed by atoms with E-state index >= 15 is 0 Å². The second kappa shape index (κ2) is 5.98. The number of piperidine rings is 1. The molecule has 1 aromatic heterocycles. The number of nitrogens with zero attached hydrogens (tertiary/aromatic N) is 2. The number of para-hydroxylation sites is 2. The molecule has 26 heavy (non-hydrogen) atoms. The first kappa shape index (κ1) is 16.1. The van der Waals surface area contributed by atoms with E-state index < -0.39 is 0 Å². The number of hydrogen-bond acceptors (Lipinski definition) is 3. The van der Waals surface area contributed by atoms with Crippen LogP contribution in [0.3, 0.4) is 0 Å². The fourth-order valence-corrected chi connectivity index (χ4v) is 5.69. The zero-order chi connectivity index (χ0) is 17.8. The molecule has 1 saturated heterocycles. The lowest BCUT2D eigenvalue weighted by molar-refractivity contribution is -0.139. The van der Waals surface area contributed by atoms with E-state index in [4.69, 9.17) is 5.73 Å². The van der Waals surface area contributed by atoms with Crippen molar-refractivity contribution in [2.45, 2.75) is 44.2 Å². The maximum Gasteiger partial charge on any atom is 0.326 e. The summed E-state index contributed by atoms with van der Waals surface area (Å²) in [6, 6.07) is 8.01. The van der Waals surface area contributed by atoms with E-state index in [0.29, 0.717) is 11.8 Å². The van der Waals surface area contributed by atoms with Gasteiger partial charge in [-0.25, -0.2) is 4.79 Å². The van der Waals surface area contributed by atoms with Gasteiger partial charge in [-0.2, -0.15) is 0 Å². The van der Waals surface area contributed by atoms with Crippen molar-refractivity contribution < 1.29 is 4.79 Å². The summed E-state index contributed by atoms with van der Waals surface area (Å²) >= 11 is 0. The molecule has 2 saturated carbocycles. The largest absolute Gasteiger partial charge is 0.342 e. The molecule has 3 N–H and O–H groups in total. The Morgan fingerprint density at radius 2 is 1.81 bits per heavy atom. The Bertz CT molecular complexity index is 891. The minimum Gasteiger partial charge on any atom is -0.342 e. The van der Waals surface area contributed by atoms with Gasteiger partial charge in [0.15, 0.2) is 0 Å². The summed E-state index contributed by atoms with van der Waals surface area (Å²) in [5.41, 5.74) is 8.15. The van der Waals surface area contributed by atoms with Gasteiger partial charge in [0.2, 0.25) is 5.91 Å². The molecule has 0 spiro atoms. The molecule has 4 unspecified atom stereocenters. The number of aromatic nitrogens is 2. The zero-order valence-corrected chi connectivity index (χ0v) is 14.9. The predicted octanol–water partition coefficient (Wildman–Crippen LogP) is 1.87. The second-order valence-corrected chi connectivity index (χ2v) is 8.31. The fourth-order valence-electron chi connectivity index (χ4n) is 5.69. The van der Waals surface area contributed by atoms with Crippen molar-refractivity contribution in [2.75, 3.05) is 13.1 Å². The summed E-state index contributed by atoms with van der Waals surface area (Å²) in [6.07, 6.45) is 5.14. The molecular formula is C20H26N4O2. The Balaban J connectivity index is 1.31. The molecule has 3 fully saturated rings. The number of carbonyl (C=O) groups is 1. The first-order chi connectivity index (χ1) is 12.6. The fraction of sp³-hybridized carbons (Fsp3) is 0.600. The average Bonchev–Trinajstić information content (AvgIpc) is 3.33. The highest BCUT2D eigenvalue weighted by molar-refractivity contribution is 5.81. The van der Waals surface area contributed by atoms with Crippen molar-refractivity contribution in [3.05, 3.63) is 34.7 Å². The summed E-state index contributed by atoms with van der Waals surface area (Å²) in [5, 5.41) is 0. The van der Waals surface area contributed by atoms with Crippen molar-refractivity contribution in [3.63, 3.8) is 0 Å². The van der Waals surface area contributed by atoms with Crippen LogP contribution in [0.1, 0.15) is 38.1 Å². The van der Waals surface area contributed by atoms with Crippen LogP contribution in [0.4, 0.5) is 0 Å². The number of H-pyrrole nitrogens is 1. The van der Waals surface area contributed by atoms with E-state index in [1.54, 1.807) is 0 Å². The second-order valence-electron chi connectivity index (χ2n) is 8.31. The average molecular weight is 354 g/mol. The Morgan fingerprint density at radius 1 is 1.08 bits per heavy atom. The molecule has 6 heteroatoms. The maximum atomic E-state index is 13.0. The lowest BCUT2D eigenvalue weighted by Gasteiger charge is -2.37. The van der Waals surface area contributed by atoms with Crippen LogP contribution >= 0.6 is 0 Å². The SMILES string of the molecule is NC1C2CCC(C2)C1C(=O)N1CCC(n2c(=O)[nH]c3ccccc32)CC1. The van der Waals surface area contributed by atoms with E-state index in [9.17, 15) is 9.59 Å². The zero-order valence-electron chi connectivity index (χ0n) is 14.9. The van der Waals surface area contributed by atoms with Crippen LogP contribution in [0.2, 0.25) is 0 Å². The highest BCUT2D eigenvalue weighted by Crippen LogP contribution is 2.48. The summed E-state index contributed by atoms with van der Waals surface area (Å²) in [5.74, 6) is 1.34. The van der Waals surface area contributed by atoms with E-state index in [-0.39, 0.29) is 29.6 Å². The molecule has 4 atom stereocenters. The first-order valence-electron chi connectivity index (χ1n) is 9.87. The number of likely N-dealkylation sites (tertiary alicyclic amines) is 1. The molecule has 1 aliphatic heterocycles. The van der Waals surface area contributed by atoms with Crippen LogP contribution in [-0.4, -0.2) is 39.5 Å².